The van der Waals surface area contributed by atoms with Crippen LogP contribution in [0.15, 0.2) is 35.9 Å². The molecule has 3 N–H and O–H groups in total. The van der Waals surface area contributed by atoms with Gasteiger partial charge in [0.05, 0.1) is 6.04 Å². The van der Waals surface area contributed by atoms with Crippen molar-refractivity contribution in [2.75, 3.05) is 0 Å². The van der Waals surface area contributed by atoms with E-state index in [1.165, 1.54) is 16.7 Å². The number of rotatable bonds is 3. The summed E-state index contributed by atoms with van der Waals surface area (Å²) in [7, 11) is 0. The molecule has 0 aliphatic heterocycles. The summed E-state index contributed by atoms with van der Waals surface area (Å²) in [5.41, 5.74) is 6.86. The van der Waals surface area contributed by atoms with E-state index in [0.717, 1.165) is 0 Å². The normalized spacial score (nSPS) is 13.3. The molecule has 0 saturated carbocycles. The lowest BCUT2D eigenvalue weighted by atomic mass is 9.81. The lowest BCUT2D eigenvalue weighted by Crippen LogP contribution is -2.29. The minimum Gasteiger partial charge on any atom is -0.271 e. The summed E-state index contributed by atoms with van der Waals surface area (Å²) in [4.78, 5) is 0. The molecule has 0 bridgehead atoms. The van der Waals surface area contributed by atoms with Gasteiger partial charge in [0, 0.05) is 0 Å². The van der Waals surface area contributed by atoms with Gasteiger partial charge >= 0.3 is 0 Å². The van der Waals surface area contributed by atoms with E-state index in [1.54, 1.807) is 0 Å². The molecular weight excluding hydrogens is 208 g/mol. The lowest BCUT2D eigenvalue weighted by molar-refractivity contribution is 0.562. The standard InChI is InChI=1S/C15H24N2/c1-11(2)10-14(17-16)12-8-6-7-9-13(12)15(3,4)5/h6-10,14,17H,16H2,1-5H3. The Morgan fingerprint density at radius 2 is 1.82 bits per heavy atom. The molecule has 0 heterocycles. The van der Waals surface area contributed by atoms with E-state index in [2.05, 4.69) is 70.4 Å². The fourth-order valence-electron chi connectivity index (χ4n) is 2.01. The fraction of sp³-hybridized carbons (Fsp3) is 0.467. The van der Waals surface area contributed by atoms with Gasteiger partial charge in [-0.05, 0) is 30.4 Å². The number of nitrogens with one attached hydrogen (secondary N) is 1. The molecule has 2 nitrogen and oxygen atoms in total. The van der Waals surface area contributed by atoms with Crippen LogP contribution in [0, 0.1) is 0 Å². The van der Waals surface area contributed by atoms with Crippen LogP contribution in [0.1, 0.15) is 51.8 Å². The molecule has 0 aliphatic rings. The monoisotopic (exact) mass is 232 g/mol. The van der Waals surface area contributed by atoms with Gasteiger partial charge in [0.15, 0.2) is 0 Å². The molecule has 1 aromatic carbocycles. The van der Waals surface area contributed by atoms with Gasteiger partial charge < -0.3 is 0 Å². The van der Waals surface area contributed by atoms with E-state index in [4.69, 9.17) is 5.84 Å². The van der Waals surface area contributed by atoms with Gasteiger partial charge in [0.25, 0.3) is 0 Å². The molecule has 0 aromatic heterocycles. The van der Waals surface area contributed by atoms with E-state index in [9.17, 15) is 0 Å². The summed E-state index contributed by atoms with van der Waals surface area (Å²) in [6.45, 7) is 10.8. The number of hydrogen-bond donors (Lipinski definition) is 2. The Morgan fingerprint density at radius 3 is 2.29 bits per heavy atom. The second-order valence-electron chi connectivity index (χ2n) is 5.73. The predicted molar refractivity (Wildman–Crippen MR) is 74.6 cm³/mol. The molecule has 0 amide bonds. The number of hydrazine groups is 1. The Labute approximate surface area is 105 Å². The third kappa shape index (κ3) is 3.69. The molecule has 0 aliphatic carbocycles. The zero-order valence-corrected chi connectivity index (χ0v) is 11.5. The van der Waals surface area contributed by atoms with Crippen molar-refractivity contribution in [3.05, 3.63) is 47.0 Å². The van der Waals surface area contributed by atoms with Crippen LogP contribution < -0.4 is 11.3 Å². The lowest BCUT2D eigenvalue weighted by Gasteiger charge is -2.26. The smallest absolute Gasteiger partial charge is 0.0646 e. The Hall–Kier alpha value is -1.12. The van der Waals surface area contributed by atoms with Crippen LogP contribution in [-0.4, -0.2) is 0 Å². The maximum atomic E-state index is 5.67. The van der Waals surface area contributed by atoms with E-state index in [1.807, 2.05) is 0 Å². The molecule has 1 aromatic rings. The highest BCUT2D eigenvalue weighted by atomic mass is 15.2. The molecule has 17 heavy (non-hydrogen) atoms. The Bertz CT molecular complexity index is 396. The first-order valence-electron chi connectivity index (χ1n) is 6.07. The maximum absolute atomic E-state index is 5.67. The molecule has 1 rings (SSSR count). The first-order chi connectivity index (χ1) is 7.86. The Balaban J connectivity index is 3.25. The second-order valence-corrected chi connectivity index (χ2v) is 5.73. The van der Waals surface area contributed by atoms with Crippen LogP contribution in [-0.2, 0) is 5.41 Å². The summed E-state index contributed by atoms with van der Waals surface area (Å²) in [6.07, 6.45) is 2.16. The second kappa shape index (κ2) is 5.48. The molecule has 0 radical (unpaired) electrons. The molecule has 1 unspecified atom stereocenters. The first-order valence-corrected chi connectivity index (χ1v) is 6.07. The van der Waals surface area contributed by atoms with Crippen LogP contribution in [0.4, 0.5) is 0 Å². The van der Waals surface area contributed by atoms with Crippen molar-refractivity contribution in [2.24, 2.45) is 5.84 Å². The molecule has 1 atom stereocenters. The zero-order chi connectivity index (χ0) is 13.1. The highest BCUT2D eigenvalue weighted by Gasteiger charge is 2.20. The summed E-state index contributed by atoms with van der Waals surface area (Å²) < 4.78 is 0. The number of allylic oxidation sites excluding steroid dienone is 1. The number of benzene rings is 1. The van der Waals surface area contributed by atoms with Crippen molar-refractivity contribution < 1.29 is 0 Å². The van der Waals surface area contributed by atoms with Crippen molar-refractivity contribution in [1.82, 2.24) is 5.43 Å². The quantitative estimate of drug-likeness (QED) is 0.476. The van der Waals surface area contributed by atoms with Crippen molar-refractivity contribution in [3.63, 3.8) is 0 Å². The van der Waals surface area contributed by atoms with Gasteiger partial charge in [-0.25, -0.2) is 5.43 Å². The van der Waals surface area contributed by atoms with Gasteiger partial charge in [0.1, 0.15) is 0 Å². The van der Waals surface area contributed by atoms with E-state index in [-0.39, 0.29) is 11.5 Å². The zero-order valence-electron chi connectivity index (χ0n) is 11.5. The van der Waals surface area contributed by atoms with Crippen molar-refractivity contribution in [3.8, 4) is 0 Å². The van der Waals surface area contributed by atoms with E-state index in [0.29, 0.717) is 0 Å². The molecule has 0 fully saturated rings. The maximum Gasteiger partial charge on any atom is 0.0646 e. The molecular formula is C15H24N2. The molecule has 2 heteroatoms. The largest absolute Gasteiger partial charge is 0.271 e. The summed E-state index contributed by atoms with van der Waals surface area (Å²) in [5, 5.41) is 0. The van der Waals surface area contributed by atoms with Crippen LogP contribution >= 0.6 is 0 Å². The Morgan fingerprint density at radius 1 is 1.24 bits per heavy atom. The van der Waals surface area contributed by atoms with Crippen LogP contribution in [0.2, 0.25) is 0 Å². The van der Waals surface area contributed by atoms with Crippen molar-refractivity contribution in [1.29, 1.82) is 0 Å². The summed E-state index contributed by atoms with van der Waals surface area (Å²) >= 11 is 0. The van der Waals surface area contributed by atoms with Crippen LogP contribution in [0.5, 0.6) is 0 Å². The highest BCUT2D eigenvalue weighted by Crippen LogP contribution is 2.30. The fourth-order valence-corrected chi connectivity index (χ4v) is 2.01. The number of nitrogens with two attached hydrogens (primary N) is 1. The van der Waals surface area contributed by atoms with Crippen molar-refractivity contribution >= 4 is 0 Å². The van der Waals surface area contributed by atoms with Gasteiger partial charge in [-0.15, -0.1) is 0 Å². The predicted octanol–water partition coefficient (Wildman–Crippen LogP) is 3.45. The van der Waals surface area contributed by atoms with Crippen LogP contribution in [0.3, 0.4) is 0 Å². The highest BCUT2D eigenvalue weighted by molar-refractivity contribution is 5.37. The van der Waals surface area contributed by atoms with Crippen molar-refractivity contribution in [2.45, 2.75) is 46.1 Å². The minimum atomic E-state index is 0.0791. The van der Waals surface area contributed by atoms with E-state index < -0.39 is 0 Å². The van der Waals surface area contributed by atoms with Gasteiger partial charge in [-0.2, -0.15) is 0 Å². The average Bonchev–Trinajstić information content (AvgIpc) is 2.24. The Kier molecular flexibility index (Phi) is 4.49. The molecule has 94 valence electrons. The summed E-state index contributed by atoms with van der Waals surface area (Å²) in [5.74, 6) is 5.67. The summed E-state index contributed by atoms with van der Waals surface area (Å²) in [6, 6.07) is 8.55. The topological polar surface area (TPSA) is 38.0 Å². The van der Waals surface area contributed by atoms with E-state index >= 15 is 0 Å². The number of hydrogen-bond acceptors (Lipinski definition) is 2. The third-order valence-corrected chi connectivity index (χ3v) is 2.78. The third-order valence-electron chi connectivity index (χ3n) is 2.78. The molecule has 0 saturated heterocycles. The van der Waals surface area contributed by atoms with Crippen LogP contribution in [0.25, 0.3) is 0 Å². The minimum absolute atomic E-state index is 0.0791. The SMILES string of the molecule is CC(C)=CC(NN)c1ccccc1C(C)(C)C. The van der Waals surface area contributed by atoms with Gasteiger partial charge in [-0.3, -0.25) is 5.84 Å². The van der Waals surface area contributed by atoms with Gasteiger partial charge in [0.2, 0.25) is 0 Å². The van der Waals surface area contributed by atoms with Gasteiger partial charge in [-0.1, -0.05) is 56.7 Å². The molecule has 0 spiro atoms. The first kappa shape index (κ1) is 13.9. The average molecular weight is 232 g/mol.